The fourth-order valence-corrected chi connectivity index (χ4v) is 1.03. The van der Waals surface area contributed by atoms with E-state index < -0.39 is 0 Å². The zero-order chi connectivity index (χ0) is 10.2. The minimum absolute atomic E-state index is 0.455. The lowest BCUT2D eigenvalue weighted by atomic mass is 10.1. The van der Waals surface area contributed by atoms with Crippen LogP contribution in [0.2, 0.25) is 0 Å². The molecule has 0 fully saturated rings. The molecule has 0 unspecified atom stereocenters. The molecule has 1 rings (SSSR count). The van der Waals surface area contributed by atoms with Gasteiger partial charge in [-0.25, -0.2) is 0 Å². The van der Waals surface area contributed by atoms with E-state index in [-0.39, 0.29) is 0 Å². The van der Waals surface area contributed by atoms with Gasteiger partial charge in [-0.05, 0) is 17.7 Å². The third-order valence-electron chi connectivity index (χ3n) is 1.74. The Balaban J connectivity index is 2.66. The van der Waals surface area contributed by atoms with E-state index in [2.05, 4.69) is 17.9 Å². The monoisotopic (exact) mass is 184 g/mol. The normalized spacial score (nSPS) is 8.57. The third-order valence-corrected chi connectivity index (χ3v) is 1.74. The van der Waals surface area contributed by atoms with Gasteiger partial charge < -0.3 is 5.73 Å². The van der Waals surface area contributed by atoms with Crippen molar-refractivity contribution < 1.29 is 0 Å². The first-order chi connectivity index (χ1) is 6.86. The summed E-state index contributed by atoms with van der Waals surface area (Å²) in [6, 6.07) is 9.81. The van der Waals surface area contributed by atoms with Gasteiger partial charge in [0.05, 0.1) is 12.5 Å². The molecule has 0 spiro atoms. The molecule has 2 heteroatoms. The van der Waals surface area contributed by atoms with Crippen molar-refractivity contribution >= 4 is 0 Å². The Hall–Kier alpha value is -1.77. The maximum absolute atomic E-state index is 8.47. The molecule has 0 radical (unpaired) electrons. The van der Waals surface area contributed by atoms with Crippen LogP contribution in [0.5, 0.6) is 0 Å². The fraction of sp³-hybridized carbons (Fsp3) is 0.250. The van der Waals surface area contributed by atoms with Gasteiger partial charge in [0.2, 0.25) is 0 Å². The molecule has 0 aromatic heterocycles. The predicted octanol–water partition coefficient (Wildman–Crippen LogP) is 1.45. The van der Waals surface area contributed by atoms with Crippen molar-refractivity contribution in [2.75, 3.05) is 6.54 Å². The number of nitrogens with zero attached hydrogens (tertiary/aromatic N) is 1. The van der Waals surface area contributed by atoms with Crippen molar-refractivity contribution in [2.45, 2.75) is 12.8 Å². The first-order valence-corrected chi connectivity index (χ1v) is 4.51. The van der Waals surface area contributed by atoms with Crippen LogP contribution in [0.1, 0.15) is 17.5 Å². The molecule has 1 aromatic carbocycles. The van der Waals surface area contributed by atoms with Gasteiger partial charge in [-0.3, -0.25) is 0 Å². The Kier molecular flexibility index (Phi) is 4.27. The second-order valence-electron chi connectivity index (χ2n) is 2.87. The Bertz CT molecular complexity index is 374. The number of benzene rings is 1. The van der Waals surface area contributed by atoms with Crippen molar-refractivity contribution in [3.63, 3.8) is 0 Å². The number of hydrogen-bond acceptors (Lipinski definition) is 2. The molecule has 0 aliphatic heterocycles. The van der Waals surface area contributed by atoms with Crippen molar-refractivity contribution in [1.82, 2.24) is 0 Å². The molecule has 0 saturated heterocycles. The average molecular weight is 184 g/mol. The Labute approximate surface area is 84.4 Å². The lowest BCUT2D eigenvalue weighted by Crippen LogP contribution is -1.95. The lowest BCUT2D eigenvalue weighted by molar-refractivity contribution is 1.03. The number of nitrogens with two attached hydrogens (primary N) is 1. The average Bonchev–Trinajstić information content (AvgIpc) is 2.21. The molecule has 0 atom stereocenters. The number of nitriles is 1. The number of hydrogen-bond donors (Lipinski definition) is 1. The molecule has 0 aliphatic carbocycles. The van der Waals surface area contributed by atoms with E-state index in [1.807, 2.05) is 24.3 Å². The second kappa shape index (κ2) is 5.80. The van der Waals surface area contributed by atoms with Crippen LogP contribution in [0.3, 0.4) is 0 Å². The van der Waals surface area contributed by atoms with Gasteiger partial charge in [0.1, 0.15) is 0 Å². The smallest absolute Gasteiger partial charge is 0.0669 e. The quantitative estimate of drug-likeness (QED) is 0.707. The van der Waals surface area contributed by atoms with Crippen LogP contribution >= 0.6 is 0 Å². The van der Waals surface area contributed by atoms with E-state index in [9.17, 15) is 0 Å². The summed E-state index contributed by atoms with van der Waals surface area (Å²) in [5.74, 6) is 5.96. The first kappa shape index (κ1) is 10.3. The molecular formula is C12H12N2. The highest BCUT2D eigenvalue weighted by Crippen LogP contribution is 2.03. The van der Waals surface area contributed by atoms with E-state index >= 15 is 0 Å². The summed E-state index contributed by atoms with van der Waals surface area (Å²) in [7, 11) is 0. The summed E-state index contributed by atoms with van der Waals surface area (Å²) < 4.78 is 0. The highest BCUT2D eigenvalue weighted by atomic mass is 14.5. The molecule has 2 N–H and O–H groups in total. The van der Waals surface area contributed by atoms with Gasteiger partial charge in [-0.15, -0.1) is 0 Å². The molecule has 2 nitrogen and oxygen atoms in total. The molecular weight excluding hydrogens is 172 g/mol. The van der Waals surface area contributed by atoms with Gasteiger partial charge in [0.25, 0.3) is 0 Å². The standard InChI is InChI=1S/C12H12N2/c13-9-2-1-3-11-4-6-12(7-5-11)8-10-14/h4-7H,2,8-9,13H2. The van der Waals surface area contributed by atoms with Gasteiger partial charge in [-0.2, -0.15) is 5.26 Å². The lowest BCUT2D eigenvalue weighted by Gasteiger charge is -1.93. The van der Waals surface area contributed by atoms with Crippen LogP contribution in [0.25, 0.3) is 0 Å². The molecule has 0 bridgehead atoms. The van der Waals surface area contributed by atoms with Gasteiger partial charge >= 0.3 is 0 Å². The Morgan fingerprint density at radius 1 is 1.21 bits per heavy atom. The predicted molar refractivity (Wildman–Crippen MR) is 56.3 cm³/mol. The van der Waals surface area contributed by atoms with Crippen LogP contribution in [-0.2, 0) is 6.42 Å². The minimum Gasteiger partial charge on any atom is -0.330 e. The Morgan fingerprint density at radius 2 is 1.93 bits per heavy atom. The van der Waals surface area contributed by atoms with E-state index in [1.54, 1.807) is 0 Å². The molecule has 1 aromatic rings. The third kappa shape index (κ3) is 3.31. The van der Waals surface area contributed by atoms with E-state index in [0.29, 0.717) is 13.0 Å². The topological polar surface area (TPSA) is 49.8 Å². The Morgan fingerprint density at radius 3 is 2.50 bits per heavy atom. The largest absolute Gasteiger partial charge is 0.330 e. The maximum atomic E-state index is 8.47. The first-order valence-electron chi connectivity index (χ1n) is 4.51. The van der Waals surface area contributed by atoms with Gasteiger partial charge in [0, 0.05) is 18.5 Å². The van der Waals surface area contributed by atoms with E-state index in [1.165, 1.54) is 0 Å². The summed E-state index contributed by atoms with van der Waals surface area (Å²) >= 11 is 0. The maximum Gasteiger partial charge on any atom is 0.0669 e. The summed E-state index contributed by atoms with van der Waals surface area (Å²) in [5, 5.41) is 8.47. The van der Waals surface area contributed by atoms with Crippen LogP contribution in [-0.4, -0.2) is 6.54 Å². The molecule has 0 heterocycles. The zero-order valence-corrected chi connectivity index (χ0v) is 7.96. The van der Waals surface area contributed by atoms with Crippen molar-refractivity contribution in [2.24, 2.45) is 5.73 Å². The summed E-state index contributed by atoms with van der Waals surface area (Å²) in [6.07, 6.45) is 1.18. The van der Waals surface area contributed by atoms with Crippen LogP contribution < -0.4 is 5.73 Å². The number of rotatable bonds is 2. The molecule has 0 aliphatic rings. The highest BCUT2D eigenvalue weighted by molar-refractivity contribution is 5.36. The zero-order valence-electron chi connectivity index (χ0n) is 7.96. The summed E-state index contributed by atoms with van der Waals surface area (Å²) in [4.78, 5) is 0. The van der Waals surface area contributed by atoms with Crippen molar-refractivity contribution in [3.05, 3.63) is 35.4 Å². The highest BCUT2D eigenvalue weighted by Gasteiger charge is 1.90. The van der Waals surface area contributed by atoms with E-state index in [4.69, 9.17) is 11.0 Å². The molecule has 0 saturated carbocycles. The minimum atomic E-state index is 0.455. The van der Waals surface area contributed by atoms with Gasteiger partial charge in [-0.1, -0.05) is 24.0 Å². The molecule has 14 heavy (non-hydrogen) atoms. The van der Waals surface area contributed by atoms with Crippen LogP contribution in [0.4, 0.5) is 0 Å². The van der Waals surface area contributed by atoms with Crippen molar-refractivity contribution in [1.29, 1.82) is 5.26 Å². The fourth-order valence-electron chi connectivity index (χ4n) is 1.03. The van der Waals surface area contributed by atoms with Crippen LogP contribution in [0, 0.1) is 23.2 Å². The van der Waals surface area contributed by atoms with Crippen LogP contribution in [0.15, 0.2) is 24.3 Å². The summed E-state index contributed by atoms with van der Waals surface area (Å²) in [6.45, 7) is 0.597. The molecule has 70 valence electrons. The second-order valence-corrected chi connectivity index (χ2v) is 2.87. The van der Waals surface area contributed by atoms with E-state index in [0.717, 1.165) is 17.5 Å². The SMILES string of the molecule is N#CCc1ccc(C#CCCN)cc1. The van der Waals surface area contributed by atoms with Gasteiger partial charge in [0.15, 0.2) is 0 Å². The summed E-state index contributed by atoms with van der Waals surface area (Å²) in [5.41, 5.74) is 7.32. The van der Waals surface area contributed by atoms with Crippen molar-refractivity contribution in [3.8, 4) is 17.9 Å². The molecule has 0 amide bonds.